The summed E-state index contributed by atoms with van der Waals surface area (Å²) in [5.41, 5.74) is 3.47. The molecule has 1 aromatic heterocycles. The predicted octanol–water partition coefficient (Wildman–Crippen LogP) is 3.71. The fourth-order valence-corrected chi connectivity index (χ4v) is 3.08. The summed E-state index contributed by atoms with van der Waals surface area (Å²) in [4.78, 5) is 11.5. The van der Waals surface area contributed by atoms with Crippen LogP contribution in [-0.4, -0.2) is 32.1 Å². The van der Waals surface area contributed by atoms with Gasteiger partial charge in [-0.3, -0.25) is 4.79 Å². The molecule has 1 N–H and O–H groups in total. The van der Waals surface area contributed by atoms with E-state index in [0.717, 1.165) is 16.7 Å². The summed E-state index contributed by atoms with van der Waals surface area (Å²) in [6, 6.07) is 9.08. The summed E-state index contributed by atoms with van der Waals surface area (Å²) >= 11 is 0. The van der Waals surface area contributed by atoms with Gasteiger partial charge in [0.05, 0.1) is 19.9 Å². The largest absolute Gasteiger partial charge is 0.495 e. The molecule has 2 heterocycles. The molecule has 0 unspecified atom stereocenters. The van der Waals surface area contributed by atoms with Crippen LogP contribution in [0.15, 0.2) is 41.1 Å². The molecule has 4 rings (SSSR count). The number of fused-ring (bicyclic) bond motifs is 1. The molecule has 0 bridgehead atoms. The summed E-state index contributed by atoms with van der Waals surface area (Å²) in [7, 11) is 3.11. The van der Waals surface area contributed by atoms with Crippen LogP contribution in [0.5, 0.6) is 23.0 Å². The Morgan fingerprint density at radius 1 is 1.07 bits per heavy atom. The van der Waals surface area contributed by atoms with E-state index >= 15 is 0 Å². The highest BCUT2D eigenvalue weighted by Crippen LogP contribution is 2.45. The van der Waals surface area contributed by atoms with E-state index in [0.29, 0.717) is 34.4 Å². The zero-order valence-corrected chi connectivity index (χ0v) is 15.6. The maximum Gasteiger partial charge on any atom is 0.231 e. The molecule has 144 valence electrons. The van der Waals surface area contributed by atoms with Crippen molar-refractivity contribution in [1.82, 2.24) is 5.16 Å². The molecule has 0 spiro atoms. The number of carbonyl (C=O) groups excluding carboxylic acids is 1. The third kappa shape index (κ3) is 3.09. The van der Waals surface area contributed by atoms with Crippen molar-refractivity contribution in [3.05, 3.63) is 36.6 Å². The third-order valence-electron chi connectivity index (χ3n) is 4.32. The lowest BCUT2D eigenvalue weighted by molar-refractivity contribution is -0.114. The minimum Gasteiger partial charge on any atom is -0.495 e. The molecule has 0 atom stereocenters. The molecule has 8 nitrogen and oxygen atoms in total. The van der Waals surface area contributed by atoms with E-state index in [2.05, 4.69) is 10.5 Å². The fourth-order valence-electron chi connectivity index (χ4n) is 3.08. The highest BCUT2D eigenvalue weighted by atomic mass is 16.7. The summed E-state index contributed by atoms with van der Waals surface area (Å²) in [6.07, 6.45) is 1.55. The van der Waals surface area contributed by atoms with Crippen molar-refractivity contribution in [2.24, 2.45) is 0 Å². The van der Waals surface area contributed by atoms with Gasteiger partial charge in [-0.25, -0.2) is 0 Å². The molecular formula is C20H18N2O6. The van der Waals surface area contributed by atoms with Gasteiger partial charge in [-0.2, -0.15) is 0 Å². The van der Waals surface area contributed by atoms with E-state index in [9.17, 15) is 4.79 Å². The monoisotopic (exact) mass is 382 g/mol. The number of ether oxygens (including phenoxy) is 4. The molecule has 2 aromatic carbocycles. The third-order valence-corrected chi connectivity index (χ3v) is 4.32. The number of nitrogens with zero attached hydrogens (tertiary/aromatic N) is 1. The van der Waals surface area contributed by atoms with E-state index in [1.165, 1.54) is 6.92 Å². The normalized spacial score (nSPS) is 12.0. The number of aromatic nitrogens is 1. The van der Waals surface area contributed by atoms with Gasteiger partial charge in [-0.1, -0.05) is 11.2 Å². The SMILES string of the molecule is COc1ccc(-c2conc2-c2cc(OC)c3c(c2)OCO3)cc1NC(C)=O. The maximum absolute atomic E-state index is 11.5. The molecule has 1 aliphatic heterocycles. The predicted molar refractivity (Wildman–Crippen MR) is 101 cm³/mol. The van der Waals surface area contributed by atoms with Crippen molar-refractivity contribution in [3.63, 3.8) is 0 Å². The van der Waals surface area contributed by atoms with Crippen LogP contribution in [0.25, 0.3) is 22.4 Å². The zero-order chi connectivity index (χ0) is 19.7. The lowest BCUT2D eigenvalue weighted by atomic mass is 10.0. The van der Waals surface area contributed by atoms with Crippen molar-refractivity contribution >= 4 is 11.6 Å². The van der Waals surface area contributed by atoms with Crippen molar-refractivity contribution in [2.75, 3.05) is 26.3 Å². The van der Waals surface area contributed by atoms with Crippen LogP contribution in [0.3, 0.4) is 0 Å². The van der Waals surface area contributed by atoms with Crippen LogP contribution in [0, 0.1) is 0 Å². The van der Waals surface area contributed by atoms with Gasteiger partial charge >= 0.3 is 0 Å². The first-order chi connectivity index (χ1) is 13.6. The molecule has 0 fully saturated rings. The van der Waals surface area contributed by atoms with Gasteiger partial charge in [0.2, 0.25) is 18.4 Å². The standard InChI is InChI=1S/C20H18N2O6/c1-11(23)21-15-6-12(4-5-16(15)24-2)14-9-28-22-19(14)13-7-17(25-3)20-18(8-13)26-10-27-20/h4-9H,10H2,1-3H3,(H,21,23). The number of methoxy groups -OCH3 is 2. The number of anilines is 1. The first-order valence-electron chi connectivity index (χ1n) is 8.49. The Bertz CT molecular complexity index is 1040. The zero-order valence-electron chi connectivity index (χ0n) is 15.6. The minimum absolute atomic E-state index is 0.138. The topological polar surface area (TPSA) is 92.1 Å². The first-order valence-corrected chi connectivity index (χ1v) is 8.49. The molecule has 3 aromatic rings. The summed E-state index contributed by atoms with van der Waals surface area (Å²) in [5, 5.41) is 6.92. The Labute approximate surface area is 160 Å². The number of rotatable bonds is 5. The van der Waals surface area contributed by atoms with Crippen LogP contribution < -0.4 is 24.3 Å². The van der Waals surface area contributed by atoms with E-state index in [1.807, 2.05) is 18.2 Å². The number of amides is 1. The highest BCUT2D eigenvalue weighted by Gasteiger charge is 2.23. The van der Waals surface area contributed by atoms with Crippen molar-refractivity contribution in [1.29, 1.82) is 0 Å². The molecular weight excluding hydrogens is 364 g/mol. The van der Waals surface area contributed by atoms with Crippen LogP contribution in [-0.2, 0) is 4.79 Å². The molecule has 0 saturated carbocycles. The Kier molecular flexibility index (Phi) is 4.52. The summed E-state index contributed by atoms with van der Waals surface area (Å²) in [5.74, 6) is 2.06. The van der Waals surface area contributed by atoms with E-state index in [-0.39, 0.29) is 12.7 Å². The van der Waals surface area contributed by atoms with Gasteiger partial charge in [0.1, 0.15) is 17.7 Å². The second-order valence-corrected chi connectivity index (χ2v) is 6.09. The number of hydrogen-bond donors (Lipinski definition) is 1. The maximum atomic E-state index is 11.5. The first kappa shape index (κ1) is 17.7. The molecule has 28 heavy (non-hydrogen) atoms. The van der Waals surface area contributed by atoms with Gasteiger partial charge in [0.25, 0.3) is 0 Å². The van der Waals surface area contributed by atoms with Gasteiger partial charge in [-0.15, -0.1) is 0 Å². The summed E-state index contributed by atoms with van der Waals surface area (Å²) in [6.45, 7) is 1.58. The van der Waals surface area contributed by atoms with Crippen molar-refractivity contribution in [3.8, 4) is 45.4 Å². The Balaban J connectivity index is 1.80. The lowest BCUT2D eigenvalue weighted by Crippen LogP contribution is -2.07. The molecule has 1 aliphatic rings. The van der Waals surface area contributed by atoms with Crippen molar-refractivity contribution < 1.29 is 28.3 Å². The van der Waals surface area contributed by atoms with Gasteiger partial charge in [0, 0.05) is 18.1 Å². The minimum atomic E-state index is -0.193. The molecule has 8 heteroatoms. The molecule has 0 aliphatic carbocycles. The van der Waals surface area contributed by atoms with E-state index in [1.54, 1.807) is 32.6 Å². The Morgan fingerprint density at radius 2 is 1.89 bits per heavy atom. The fraction of sp³-hybridized carbons (Fsp3) is 0.200. The molecule has 0 saturated heterocycles. The van der Waals surface area contributed by atoms with E-state index < -0.39 is 0 Å². The number of hydrogen-bond acceptors (Lipinski definition) is 7. The number of benzene rings is 2. The van der Waals surface area contributed by atoms with Crippen molar-refractivity contribution in [2.45, 2.75) is 6.92 Å². The molecule has 0 radical (unpaired) electrons. The van der Waals surface area contributed by atoms with Gasteiger partial charge in [0.15, 0.2) is 11.5 Å². The second kappa shape index (κ2) is 7.15. The van der Waals surface area contributed by atoms with Gasteiger partial charge < -0.3 is 28.8 Å². The van der Waals surface area contributed by atoms with Crippen LogP contribution >= 0.6 is 0 Å². The Morgan fingerprint density at radius 3 is 2.64 bits per heavy atom. The second-order valence-electron chi connectivity index (χ2n) is 6.09. The van der Waals surface area contributed by atoms with E-state index in [4.69, 9.17) is 23.5 Å². The highest BCUT2D eigenvalue weighted by molar-refractivity contribution is 5.92. The number of carbonyl (C=O) groups is 1. The smallest absolute Gasteiger partial charge is 0.231 e. The van der Waals surface area contributed by atoms with Crippen LogP contribution in [0.1, 0.15) is 6.92 Å². The van der Waals surface area contributed by atoms with Crippen LogP contribution in [0.4, 0.5) is 5.69 Å². The summed E-state index contributed by atoms with van der Waals surface area (Å²) < 4.78 is 26.9. The lowest BCUT2D eigenvalue weighted by Gasteiger charge is -2.11. The average Bonchev–Trinajstić information content (AvgIpc) is 3.35. The van der Waals surface area contributed by atoms with Crippen LogP contribution in [0.2, 0.25) is 0 Å². The Hall–Kier alpha value is -3.68. The molecule has 1 amide bonds. The number of nitrogens with one attached hydrogen (secondary N) is 1. The average molecular weight is 382 g/mol. The quantitative estimate of drug-likeness (QED) is 0.719. The van der Waals surface area contributed by atoms with Gasteiger partial charge in [-0.05, 0) is 29.8 Å².